The van der Waals surface area contributed by atoms with Crippen LogP contribution in [0.25, 0.3) is 6.08 Å². The highest BCUT2D eigenvalue weighted by Gasteiger charge is 1.90. The summed E-state index contributed by atoms with van der Waals surface area (Å²) in [6.07, 6.45) is 3.66. The highest BCUT2D eigenvalue weighted by atomic mass is 16.1. The Morgan fingerprint density at radius 3 is 2.83 bits per heavy atom. The first-order chi connectivity index (χ1) is 5.72. The lowest BCUT2D eigenvalue weighted by atomic mass is 10.1. The van der Waals surface area contributed by atoms with Crippen molar-refractivity contribution in [3.05, 3.63) is 41.0 Å². The van der Waals surface area contributed by atoms with Crippen molar-refractivity contribution in [2.45, 2.75) is 13.8 Å². The molecule has 0 spiro atoms. The van der Waals surface area contributed by atoms with Crippen LogP contribution in [0.4, 0.5) is 0 Å². The predicted molar refractivity (Wildman–Crippen MR) is 50.5 cm³/mol. The molecule has 0 fully saturated rings. The lowest BCUT2D eigenvalue weighted by Crippen LogP contribution is -1.78. The summed E-state index contributed by atoms with van der Waals surface area (Å²) in [5.41, 5.74) is 2.87. The number of aryl methyl sites for hydroxylation is 1. The standard InChI is InChI=1S/C11H11O/c1-9-4-3-5-11(6-9)7-10(2)8-12/h3-7H,1-2H3. The van der Waals surface area contributed by atoms with E-state index in [-0.39, 0.29) is 0 Å². The summed E-state index contributed by atoms with van der Waals surface area (Å²) < 4.78 is 0. The van der Waals surface area contributed by atoms with Gasteiger partial charge < -0.3 is 0 Å². The van der Waals surface area contributed by atoms with E-state index in [1.807, 2.05) is 43.6 Å². The molecule has 0 bridgehead atoms. The van der Waals surface area contributed by atoms with Crippen LogP contribution in [0.15, 0.2) is 29.8 Å². The Kier molecular flexibility index (Phi) is 2.81. The maximum atomic E-state index is 10.2. The van der Waals surface area contributed by atoms with Crippen LogP contribution in [-0.4, -0.2) is 6.29 Å². The fourth-order valence-electron chi connectivity index (χ4n) is 1.04. The molecule has 61 valence electrons. The fraction of sp³-hybridized carbons (Fsp3) is 0.182. The van der Waals surface area contributed by atoms with E-state index in [4.69, 9.17) is 0 Å². The first-order valence-electron chi connectivity index (χ1n) is 3.85. The Balaban J connectivity index is 2.97. The van der Waals surface area contributed by atoms with Crippen LogP contribution >= 0.6 is 0 Å². The molecular formula is C11H11O. The van der Waals surface area contributed by atoms with Crippen molar-refractivity contribution < 1.29 is 4.79 Å². The van der Waals surface area contributed by atoms with E-state index in [0.29, 0.717) is 5.57 Å². The van der Waals surface area contributed by atoms with Gasteiger partial charge in [0.2, 0.25) is 6.29 Å². The summed E-state index contributed by atoms with van der Waals surface area (Å²) in [6, 6.07) is 7.99. The molecule has 0 aliphatic carbocycles. The molecule has 1 aromatic rings. The second-order valence-electron chi connectivity index (χ2n) is 2.84. The average Bonchev–Trinajstić information content (AvgIpc) is 2.04. The third-order valence-electron chi connectivity index (χ3n) is 1.59. The molecule has 12 heavy (non-hydrogen) atoms. The van der Waals surface area contributed by atoms with E-state index in [1.165, 1.54) is 5.56 Å². The van der Waals surface area contributed by atoms with Crippen molar-refractivity contribution in [3.8, 4) is 0 Å². The molecule has 0 N–H and O–H groups in total. The summed E-state index contributed by atoms with van der Waals surface area (Å²) >= 11 is 0. The van der Waals surface area contributed by atoms with Crippen LogP contribution in [0.5, 0.6) is 0 Å². The van der Waals surface area contributed by atoms with Crippen LogP contribution in [0.2, 0.25) is 0 Å². The first-order valence-corrected chi connectivity index (χ1v) is 3.85. The van der Waals surface area contributed by atoms with Gasteiger partial charge in [0.05, 0.1) is 0 Å². The van der Waals surface area contributed by atoms with Crippen molar-refractivity contribution in [1.82, 2.24) is 0 Å². The largest absolute Gasteiger partial charge is 0.285 e. The van der Waals surface area contributed by atoms with Gasteiger partial charge in [-0.1, -0.05) is 29.8 Å². The molecule has 0 amide bonds. The van der Waals surface area contributed by atoms with E-state index in [1.54, 1.807) is 6.92 Å². The molecule has 0 aromatic heterocycles. The zero-order chi connectivity index (χ0) is 8.97. The minimum absolute atomic E-state index is 0.626. The van der Waals surface area contributed by atoms with Crippen molar-refractivity contribution in [3.63, 3.8) is 0 Å². The first kappa shape index (κ1) is 8.72. The van der Waals surface area contributed by atoms with Gasteiger partial charge in [-0.25, -0.2) is 0 Å². The molecule has 0 heterocycles. The van der Waals surface area contributed by atoms with E-state index >= 15 is 0 Å². The molecular weight excluding hydrogens is 148 g/mol. The molecule has 0 saturated carbocycles. The van der Waals surface area contributed by atoms with Crippen LogP contribution in [-0.2, 0) is 4.79 Å². The Labute approximate surface area is 72.7 Å². The van der Waals surface area contributed by atoms with Crippen LogP contribution in [0.1, 0.15) is 18.1 Å². The number of benzene rings is 1. The molecule has 1 radical (unpaired) electrons. The maximum absolute atomic E-state index is 10.2. The van der Waals surface area contributed by atoms with Gasteiger partial charge in [-0.05, 0) is 25.5 Å². The molecule has 1 aromatic carbocycles. The van der Waals surface area contributed by atoms with Crippen molar-refractivity contribution in [2.24, 2.45) is 0 Å². The second kappa shape index (κ2) is 3.86. The quantitative estimate of drug-likeness (QED) is 0.606. The number of rotatable bonds is 2. The summed E-state index contributed by atoms with van der Waals surface area (Å²) in [5.74, 6) is 0. The normalized spacial score (nSPS) is 11.3. The van der Waals surface area contributed by atoms with Crippen molar-refractivity contribution >= 4 is 12.4 Å². The molecule has 0 saturated heterocycles. The predicted octanol–water partition coefficient (Wildman–Crippen LogP) is 2.51. The summed E-state index contributed by atoms with van der Waals surface area (Å²) in [6.45, 7) is 3.77. The zero-order valence-corrected chi connectivity index (χ0v) is 7.29. The smallest absolute Gasteiger partial charge is 0.228 e. The number of allylic oxidation sites excluding steroid dienone is 1. The van der Waals surface area contributed by atoms with Crippen LogP contribution in [0, 0.1) is 6.92 Å². The molecule has 0 atom stereocenters. The SMILES string of the molecule is CC([C]=O)=Cc1cccc(C)c1. The van der Waals surface area contributed by atoms with Crippen LogP contribution < -0.4 is 0 Å². The van der Waals surface area contributed by atoms with Gasteiger partial charge in [-0.2, -0.15) is 0 Å². The fourth-order valence-corrected chi connectivity index (χ4v) is 1.04. The minimum Gasteiger partial charge on any atom is -0.285 e. The zero-order valence-electron chi connectivity index (χ0n) is 7.29. The molecule has 0 unspecified atom stereocenters. The van der Waals surface area contributed by atoms with Gasteiger partial charge in [0.1, 0.15) is 0 Å². The van der Waals surface area contributed by atoms with E-state index < -0.39 is 0 Å². The Bertz CT molecular complexity index is 311. The number of hydrogen-bond donors (Lipinski definition) is 0. The molecule has 0 aliphatic rings. The number of hydrogen-bond acceptors (Lipinski definition) is 1. The molecule has 1 nitrogen and oxygen atoms in total. The summed E-state index contributed by atoms with van der Waals surface area (Å²) in [5, 5.41) is 0. The molecule has 0 aliphatic heterocycles. The van der Waals surface area contributed by atoms with Gasteiger partial charge in [-0.15, -0.1) is 0 Å². The van der Waals surface area contributed by atoms with Crippen LogP contribution in [0.3, 0.4) is 0 Å². The van der Waals surface area contributed by atoms with Gasteiger partial charge in [0.15, 0.2) is 0 Å². The maximum Gasteiger partial charge on any atom is 0.228 e. The van der Waals surface area contributed by atoms with Crippen molar-refractivity contribution in [1.29, 1.82) is 0 Å². The summed E-state index contributed by atoms with van der Waals surface area (Å²) in [4.78, 5) is 10.2. The molecule has 1 heteroatoms. The van der Waals surface area contributed by atoms with Gasteiger partial charge >= 0.3 is 0 Å². The lowest BCUT2D eigenvalue weighted by Gasteiger charge is -1.95. The Hall–Kier alpha value is -1.37. The van der Waals surface area contributed by atoms with E-state index in [2.05, 4.69) is 0 Å². The van der Waals surface area contributed by atoms with Gasteiger partial charge in [0.25, 0.3) is 0 Å². The van der Waals surface area contributed by atoms with E-state index in [0.717, 1.165) is 5.56 Å². The third kappa shape index (κ3) is 2.35. The lowest BCUT2D eigenvalue weighted by molar-refractivity contribution is 0.562. The Morgan fingerprint density at radius 1 is 1.50 bits per heavy atom. The third-order valence-corrected chi connectivity index (χ3v) is 1.59. The average molecular weight is 159 g/mol. The van der Waals surface area contributed by atoms with E-state index in [9.17, 15) is 4.79 Å². The molecule has 1 rings (SSSR count). The monoisotopic (exact) mass is 159 g/mol. The number of carbonyl (C=O) groups excluding carboxylic acids is 1. The van der Waals surface area contributed by atoms with Gasteiger partial charge in [-0.3, -0.25) is 4.79 Å². The Morgan fingerprint density at radius 2 is 2.25 bits per heavy atom. The second-order valence-corrected chi connectivity index (χ2v) is 2.84. The van der Waals surface area contributed by atoms with Gasteiger partial charge in [0, 0.05) is 5.57 Å². The topological polar surface area (TPSA) is 17.1 Å². The van der Waals surface area contributed by atoms with Crippen molar-refractivity contribution in [2.75, 3.05) is 0 Å². The summed E-state index contributed by atoms with van der Waals surface area (Å²) in [7, 11) is 0. The minimum atomic E-state index is 0.626. The highest BCUT2D eigenvalue weighted by Crippen LogP contribution is 2.07. The highest BCUT2D eigenvalue weighted by molar-refractivity contribution is 5.81.